The molecule has 0 bridgehead atoms. The molecule has 2 aromatic rings. The lowest BCUT2D eigenvalue weighted by Gasteiger charge is -2.15. The maximum atomic E-state index is 11.5. The minimum Gasteiger partial charge on any atom is -0.489 e. The second-order valence-corrected chi connectivity index (χ2v) is 5.15. The van der Waals surface area contributed by atoms with Gasteiger partial charge in [-0.2, -0.15) is 0 Å². The summed E-state index contributed by atoms with van der Waals surface area (Å²) < 4.78 is 10.4. The number of hydrogen-bond acceptors (Lipinski definition) is 4. The molecule has 1 unspecified atom stereocenters. The minimum absolute atomic E-state index is 0.00440. The van der Waals surface area contributed by atoms with E-state index in [1.807, 2.05) is 30.3 Å². The fourth-order valence-electron chi connectivity index (χ4n) is 2.08. The first-order valence-corrected chi connectivity index (χ1v) is 7.64. The van der Waals surface area contributed by atoms with Crippen LogP contribution in [0.4, 0.5) is 4.79 Å². The van der Waals surface area contributed by atoms with Gasteiger partial charge in [0.2, 0.25) is 0 Å². The molecule has 1 atom stereocenters. The van der Waals surface area contributed by atoms with Gasteiger partial charge in [0.1, 0.15) is 19.0 Å². The van der Waals surface area contributed by atoms with Gasteiger partial charge < -0.3 is 19.9 Å². The number of benzene rings is 2. The van der Waals surface area contributed by atoms with Crippen LogP contribution in [0.25, 0.3) is 0 Å². The molecule has 2 aromatic carbocycles. The molecule has 0 aliphatic rings. The van der Waals surface area contributed by atoms with E-state index in [4.69, 9.17) is 9.47 Å². The number of nitrogens with one attached hydrogen (secondary N) is 1. The van der Waals surface area contributed by atoms with Crippen LogP contribution in [0.2, 0.25) is 0 Å². The lowest BCUT2D eigenvalue weighted by Crippen LogP contribution is -2.34. The van der Waals surface area contributed by atoms with Gasteiger partial charge in [-0.1, -0.05) is 55.1 Å². The summed E-state index contributed by atoms with van der Waals surface area (Å²) in [6.07, 6.45) is 0.575. The summed E-state index contributed by atoms with van der Waals surface area (Å²) in [4.78, 5) is 22.9. The van der Waals surface area contributed by atoms with Crippen molar-refractivity contribution in [3.8, 4) is 5.75 Å². The quantitative estimate of drug-likeness (QED) is 0.720. The van der Waals surface area contributed by atoms with E-state index < -0.39 is 18.1 Å². The zero-order valence-electron chi connectivity index (χ0n) is 13.6. The Kier molecular flexibility index (Phi) is 6.59. The SMILES string of the molecule is C=CCOC(=O)NC(C(=O)O)c1ccc(OCc2ccccc2)cc1. The van der Waals surface area contributed by atoms with Crippen LogP contribution >= 0.6 is 0 Å². The summed E-state index contributed by atoms with van der Waals surface area (Å²) in [6, 6.07) is 15.0. The van der Waals surface area contributed by atoms with Crippen LogP contribution in [-0.2, 0) is 16.1 Å². The van der Waals surface area contributed by atoms with Crippen molar-refractivity contribution >= 4 is 12.1 Å². The number of aliphatic carboxylic acids is 1. The molecule has 2 N–H and O–H groups in total. The van der Waals surface area contributed by atoms with Crippen molar-refractivity contribution in [3.63, 3.8) is 0 Å². The Morgan fingerprint density at radius 2 is 1.80 bits per heavy atom. The van der Waals surface area contributed by atoms with Crippen molar-refractivity contribution in [3.05, 3.63) is 78.4 Å². The molecule has 0 aromatic heterocycles. The molecule has 6 nitrogen and oxygen atoms in total. The van der Waals surface area contributed by atoms with Crippen molar-refractivity contribution in [2.24, 2.45) is 0 Å². The maximum absolute atomic E-state index is 11.5. The topological polar surface area (TPSA) is 84.9 Å². The summed E-state index contributed by atoms with van der Waals surface area (Å²) in [5, 5.41) is 11.6. The highest BCUT2D eigenvalue weighted by molar-refractivity contribution is 5.81. The molecule has 25 heavy (non-hydrogen) atoms. The van der Waals surface area contributed by atoms with E-state index in [0.29, 0.717) is 17.9 Å². The predicted octanol–water partition coefficient (Wildman–Crippen LogP) is 3.30. The Morgan fingerprint density at radius 3 is 2.40 bits per heavy atom. The molecule has 130 valence electrons. The fourth-order valence-corrected chi connectivity index (χ4v) is 2.08. The molecule has 2 rings (SSSR count). The van der Waals surface area contributed by atoms with Crippen molar-refractivity contribution in [2.45, 2.75) is 12.6 Å². The summed E-state index contributed by atoms with van der Waals surface area (Å²) >= 11 is 0. The van der Waals surface area contributed by atoms with Crippen LogP contribution in [0.3, 0.4) is 0 Å². The zero-order valence-corrected chi connectivity index (χ0v) is 13.6. The number of alkyl carbamates (subject to hydrolysis) is 1. The average Bonchev–Trinajstić information content (AvgIpc) is 2.64. The van der Waals surface area contributed by atoms with E-state index in [1.165, 1.54) is 6.08 Å². The normalized spacial score (nSPS) is 11.2. The van der Waals surface area contributed by atoms with Crippen LogP contribution in [0.1, 0.15) is 17.2 Å². The van der Waals surface area contributed by atoms with Crippen LogP contribution < -0.4 is 10.1 Å². The largest absolute Gasteiger partial charge is 0.489 e. The standard InChI is InChI=1S/C19H19NO5/c1-2-12-24-19(23)20-17(18(21)22)15-8-10-16(11-9-15)25-13-14-6-4-3-5-7-14/h2-11,17H,1,12-13H2,(H,20,23)(H,21,22). The molecule has 0 saturated carbocycles. The van der Waals surface area contributed by atoms with Crippen molar-refractivity contribution in [1.82, 2.24) is 5.32 Å². The van der Waals surface area contributed by atoms with E-state index >= 15 is 0 Å². The zero-order chi connectivity index (χ0) is 18.1. The number of ether oxygens (including phenoxy) is 2. The number of hydrogen-bond donors (Lipinski definition) is 2. The number of carboxylic acid groups (broad SMARTS) is 1. The predicted molar refractivity (Wildman–Crippen MR) is 92.3 cm³/mol. The molecule has 0 fully saturated rings. The summed E-state index contributed by atoms with van der Waals surface area (Å²) in [6.45, 7) is 3.83. The van der Waals surface area contributed by atoms with Gasteiger partial charge in [-0.05, 0) is 23.3 Å². The third-order valence-corrected chi connectivity index (χ3v) is 3.30. The third kappa shape index (κ3) is 5.69. The average molecular weight is 341 g/mol. The van der Waals surface area contributed by atoms with Crippen LogP contribution in [0.5, 0.6) is 5.75 Å². The molecule has 6 heteroatoms. The Balaban J connectivity index is 1.99. The van der Waals surface area contributed by atoms with Gasteiger partial charge in [-0.15, -0.1) is 0 Å². The Bertz CT molecular complexity index is 712. The van der Waals surface area contributed by atoms with Crippen molar-refractivity contribution in [1.29, 1.82) is 0 Å². The van der Waals surface area contributed by atoms with E-state index in [9.17, 15) is 14.7 Å². The maximum Gasteiger partial charge on any atom is 0.408 e. The molecule has 0 radical (unpaired) electrons. The van der Waals surface area contributed by atoms with Gasteiger partial charge in [-0.3, -0.25) is 0 Å². The molecular weight excluding hydrogens is 322 g/mol. The Morgan fingerprint density at radius 1 is 1.12 bits per heavy atom. The highest BCUT2D eigenvalue weighted by atomic mass is 16.5. The monoisotopic (exact) mass is 341 g/mol. The minimum atomic E-state index is -1.21. The van der Waals surface area contributed by atoms with Crippen molar-refractivity contribution in [2.75, 3.05) is 6.61 Å². The first kappa shape index (κ1) is 18.1. The molecule has 0 heterocycles. The number of amides is 1. The highest BCUT2D eigenvalue weighted by Crippen LogP contribution is 2.19. The molecule has 0 aliphatic carbocycles. The van der Waals surface area contributed by atoms with Gasteiger partial charge in [0.15, 0.2) is 6.04 Å². The number of carboxylic acids is 1. The van der Waals surface area contributed by atoms with Crippen LogP contribution in [0.15, 0.2) is 67.3 Å². The van der Waals surface area contributed by atoms with Gasteiger partial charge in [0, 0.05) is 0 Å². The second-order valence-electron chi connectivity index (χ2n) is 5.15. The fraction of sp³-hybridized carbons (Fsp3) is 0.158. The van der Waals surface area contributed by atoms with E-state index in [-0.39, 0.29) is 6.61 Å². The highest BCUT2D eigenvalue weighted by Gasteiger charge is 2.22. The number of rotatable bonds is 8. The Hall–Kier alpha value is -3.28. The van der Waals surface area contributed by atoms with Gasteiger partial charge in [0.25, 0.3) is 0 Å². The third-order valence-electron chi connectivity index (χ3n) is 3.30. The number of carbonyl (C=O) groups excluding carboxylic acids is 1. The molecule has 0 spiro atoms. The van der Waals surface area contributed by atoms with Gasteiger partial charge in [-0.25, -0.2) is 9.59 Å². The summed E-state index contributed by atoms with van der Waals surface area (Å²) in [7, 11) is 0. The molecular formula is C19H19NO5. The van der Waals surface area contributed by atoms with Crippen LogP contribution in [0, 0.1) is 0 Å². The van der Waals surface area contributed by atoms with Crippen molar-refractivity contribution < 1.29 is 24.2 Å². The second kappa shape index (κ2) is 9.12. The lowest BCUT2D eigenvalue weighted by atomic mass is 10.1. The molecule has 0 aliphatic heterocycles. The lowest BCUT2D eigenvalue weighted by molar-refractivity contribution is -0.139. The summed E-state index contributed by atoms with van der Waals surface area (Å²) in [5.41, 5.74) is 1.44. The van der Waals surface area contributed by atoms with E-state index in [0.717, 1.165) is 5.56 Å². The van der Waals surface area contributed by atoms with E-state index in [1.54, 1.807) is 24.3 Å². The number of carbonyl (C=O) groups is 2. The van der Waals surface area contributed by atoms with Crippen LogP contribution in [-0.4, -0.2) is 23.8 Å². The summed E-state index contributed by atoms with van der Waals surface area (Å²) in [5.74, 6) is -0.584. The molecule has 1 amide bonds. The molecule has 0 saturated heterocycles. The smallest absolute Gasteiger partial charge is 0.408 e. The Labute approximate surface area is 145 Å². The van der Waals surface area contributed by atoms with E-state index in [2.05, 4.69) is 11.9 Å². The van der Waals surface area contributed by atoms with Gasteiger partial charge in [0.05, 0.1) is 0 Å². The van der Waals surface area contributed by atoms with Gasteiger partial charge >= 0.3 is 12.1 Å². The first-order chi connectivity index (χ1) is 12.1. The first-order valence-electron chi connectivity index (χ1n) is 7.64.